The summed E-state index contributed by atoms with van der Waals surface area (Å²) in [7, 11) is -1.47. The quantitative estimate of drug-likeness (QED) is 0.929. The van der Waals surface area contributed by atoms with Gasteiger partial charge >= 0.3 is 0 Å². The molecule has 4 nitrogen and oxygen atoms in total. The zero-order valence-electron chi connectivity index (χ0n) is 12.3. The van der Waals surface area contributed by atoms with Crippen LogP contribution in [0.4, 0.5) is 0 Å². The molecule has 1 fully saturated rings. The van der Waals surface area contributed by atoms with E-state index in [1.54, 1.807) is 16.4 Å². The predicted octanol–water partition coefficient (Wildman–Crippen LogP) is 2.53. The van der Waals surface area contributed by atoms with Gasteiger partial charge in [0.1, 0.15) is 0 Å². The fourth-order valence-electron chi connectivity index (χ4n) is 2.54. The average molecular weight is 296 g/mol. The van der Waals surface area contributed by atoms with E-state index in [0.717, 1.165) is 31.2 Å². The highest BCUT2D eigenvalue weighted by Crippen LogP contribution is 2.23. The van der Waals surface area contributed by atoms with Gasteiger partial charge in [0, 0.05) is 19.1 Å². The first kappa shape index (κ1) is 15.5. The first-order valence-corrected chi connectivity index (χ1v) is 8.77. The third-order valence-corrected chi connectivity index (χ3v) is 5.89. The smallest absolute Gasteiger partial charge is 0.243 e. The van der Waals surface area contributed by atoms with Gasteiger partial charge in [0.25, 0.3) is 0 Å². The lowest BCUT2D eigenvalue weighted by atomic mass is 10.1. The zero-order chi connectivity index (χ0) is 14.6. The Kier molecular flexibility index (Phi) is 5.18. The maximum atomic E-state index is 12.7. The standard InChI is InChI=1S/C15H24N2O2S/c1-13(16-2)14-8-7-9-15(12-14)20(18,19)17-10-5-3-4-6-11-17/h7-9,12-13,16H,3-6,10-11H2,1-2H3. The molecule has 0 bridgehead atoms. The molecule has 0 aliphatic carbocycles. The lowest BCUT2D eigenvalue weighted by Crippen LogP contribution is -2.32. The number of hydrogen-bond acceptors (Lipinski definition) is 3. The number of benzene rings is 1. The Balaban J connectivity index is 2.28. The molecule has 1 aromatic rings. The third kappa shape index (κ3) is 3.40. The summed E-state index contributed by atoms with van der Waals surface area (Å²) >= 11 is 0. The maximum Gasteiger partial charge on any atom is 0.243 e. The van der Waals surface area contributed by atoms with Gasteiger partial charge in [-0.1, -0.05) is 25.0 Å². The van der Waals surface area contributed by atoms with Crippen molar-refractivity contribution >= 4 is 10.0 Å². The van der Waals surface area contributed by atoms with Gasteiger partial charge in [-0.3, -0.25) is 0 Å². The fraction of sp³-hybridized carbons (Fsp3) is 0.600. The Bertz CT molecular complexity index is 535. The van der Waals surface area contributed by atoms with Crippen molar-refractivity contribution in [1.82, 2.24) is 9.62 Å². The molecule has 1 unspecified atom stereocenters. The number of nitrogens with one attached hydrogen (secondary N) is 1. The van der Waals surface area contributed by atoms with Gasteiger partial charge in [-0.25, -0.2) is 8.42 Å². The molecule has 20 heavy (non-hydrogen) atoms. The van der Waals surface area contributed by atoms with Crippen LogP contribution in [0.3, 0.4) is 0 Å². The second kappa shape index (κ2) is 6.70. The van der Waals surface area contributed by atoms with Gasteiger partial charge in [-0.2, -0.15) is 4.31 Å². The first-order chi connectivity index (χ1) is 9.55. The van der Waals surface area contributed by atoms with Crippen LogP contribution in [0, 0.1) is 0 Å². The summed E-state index contributed by atoms with van der Waals surface area (Å²) in [6.45, 7) is 3.32. The molecule has 1 N–H and O–H groups in total. The van der Waals surface area contributed by atoms with Crippen LogP contribution in [0.5, 0.6) is 0 Å². The molecule has 0 saturated carbocycles. The highest BCUT2D eigenvalue weighted by atomic mass is 32.2. The van der Waals surface area contributed by atoms with Crippen molar-refractivity contribution in [3.63, 3.8) is 0 Å². The first-order valence-electron chi connectivity index (χ1n) is 7.33. The van der Waals surface area contributed by atoms with Crippen molar-refractivity contribution in [2.45, 2.75) is 43.5 Å². The minimum Gasteiger partial charge on any atom is -0.313 e. The Morgan fingerprint density at radius 3 is 2.40 bits per heavy atom. The van der Waals surface area contributed by atoms with Crippen LogP contribution in [-0.2, 0) is 10.0 Å². The molecule has 1 atom stereocenters. The van der Waals surface area contributed by atoms with E-state index in [0.29, 0.717) is 18.0 Å². The molecular weight excluding hydrogens is 272 g/mol. The Morgan fingerprint density at radius 2 is 1.80 bits per heavy atom. The predicted molar refractivity (Wildman–Crippen MR) is 81.1 cm³/mol. The van der Waals surface area contributed by atoms with Crippen LogP contribution in [0.1, 0.15) is 44.2 Å². The van der Waals surface area contributed by atoms with Crippen molar-refractivity contribution in [2.75, 3.05) is 20.1 Å². The minimum atomic E-state index is -3.34. The van der Waals surface area contributed by atoms with Crippen LogP contribution >= 0.6 is 0 Å². The third-order valence-electron chi connectivity index (χ3n) is 3.99. The molecule has 5 heteroatoms. The second-order valence-electron chi connectivity index (χ2n) is 5.40. The molecular formula is C15H24N2O2S. The van der Waals surface area contributed by atoms with Crippen LogP contribution < -0.4 is 5.32 Å². The molecule has 2 rings (SSSR count). The van der Waals surface area contributed by atoms with Crippen molar-refractivity contribution in [2.24, 2.45) is 0 Å². The van der Waals surface area contributed by atoms with Crippen molar-refractivity contribution in [1.29, 1.82) is 0 Å². The Labute approximate surface area is 122 Å². The average Bonchev–Trinajstić information content (AvgIpc) is 2.76. The van der Waals surface area contributed by atoms with E-state index in [-0.39, 0.29) is 6.04 Å². The summed E-state index contributed by atoms with van der Waals surface area (Å²) in [6, 6.07) is 7.43. The molecule has 1 aliphatic heterocycles. The van der Waals surface area contributed by atoms with Gasteiger partial charge < -0.3 is 5.32 Å². The summed E-state index contributed by atoms with van der Waals surface area (Å²) in [6.07, 6.45) is 4.18. The normalized spacial score (nSPS) is 19.5. The molecule has 1 aliphatic rings. The SMILES string of the molecule is CNC(C)c1cccc(S(=O)(=O)N2CCCCCC2)c1. The van der Waals surface area contributed by atoms with E-state index < -0.39 is 10.0 Å². The molecule has 0 spiro atoms. The lowest BCUT2D eigenvalue weighted by molar-refractivity contribution is 0.423. The number of rotatable bonds is 4. The topological polar surface area (TPSA) is 49.4 Å². The summed E-state index contributed by atoms with van der Waals surface area (Å²) in [5.41, 5.74) is 1.00. The number of sulfonamides is 1. The highest BCUT2D eigenvalue weighted by molar-refractivity contribution is 7.89. The van der Waals surface area contributed by atoms with E-state index in [4.69, 9.17) is 0 Å². The van der Waals surface area contributed by atoms with Crippen LogP contribution in [0.25, 0.3) is 0 Å². The summed E-state index contributed by atoms with van der Waals surface area (Å²) in [5.74, 6) is 0. The van der Waals surface area contributed by atoms with E-state index in [2.05, 4.69) is 5.32 Å². The van der Waals surface area contributed by atoms with E-state index >= 15 is 0 Å². The van der Waals surface area contributed by atoms with Gasteiger partial charge in [0.05, 0.1) is 4.90 Å². The summed E-state index contributed by atoms with van der Waals surface area (Å²) in [5, 5.41) is 3.14. The molecule has 0 amide bonds. The molecule has 1 heterocycles. The van der Waals surface area contributed by atoms with Crippen LogP contribution in [0.2, 0.25) is 0 Å². The molecule has 1 saturated heterocycles. The summed E-state index contributed by atoms with van der Waals surface area (Å²) in [4.78, 5) is 0.416. The zero-order valence-corrected chi connectivity index (χ0v) is 13.1. The number of hydrogen-bond donors (Lipinski definition) is 1. The fourth-order valence-corrected chi connectivity index (χ4v) is 4.11. The Morgan fingerprint density at radius 1 is 1.15 bits per heavy atom. The van der Waals surface area contributed by atoms with Crippen molar-refractivity contribution in [3.8, 4) is 0 Å². The van der Waals surface area contributed by atoms with Gasteiger partial charge in [0.15, 0.2) is 0 Å². The summed E-state index contributed by atoms with van der Waals surface area (Å²) < 4.78 is 27.1. The number of nitrogens with zero attached hydrogens (tertiary/aromatic N) is 1. The van der Waals surface area contributed by atoms with E-state index in [9.17, 15) is 8.42 Å². The van der Waals surface area contributed by atoms with Gasteiger partial charge in [0.2, 0.25) is 10.0 Å². The molecule has 1 aromatic carbocycles. The highest BCUT2D eigenvalue weighted by Gasteiger charge is 2.25. The Hall–Kier alpha value is -0.910. The largest absolute Gasteiger partial charge is 0.313 e. The van der Waals surface area contributed by atoms with Crippen molar-refractivity contribution < 1.29 is 8.42 Å². The monoisotopic (exact) mass is 296 g/mol. The molecule has 112 valence electrons. The van der Waals surface area contributed by atoms with Crippen LogP contribution in [0.15, 0.2) is 29.2 Å². The minimum absolute atomic E-state index is 0.147. The lowest BCUT2D eigenvalue weighted by Gasteiger charge is -2.21. The van der Waals surface area contributed by atoms with E-state index in [1.807, 2.05) is 26.1 Å². The maximum absolute atomic E-state index is 12.7. The molecule has 0 aromatic heterocycles. The van der Waals surface area contributed by atoms with E-state index in [1.165, 1.54) is 0 Å². The second-order valence-corrected chi connectivity index (χ2v) is 7.34. The van der Waals surface area contributed by atoms with Gasteiger partial charge in [-0.05, 0) is 44.5 Å². The van der Waals surface area contributed by atoms with Gasteiger partial charge in [-0.15, -0.1) is 0 Å². The van der Waals surface area contributed by atoms with Crippen molar-refractivity contribution in [3.05, 3.63) is 29.8 Å². The molecule has 0 radical (unpaired) electrons. The van der Waals surface area contributed by atoms with Crippen LogP contribution in [-0.4, -0.2) is 32.9 Å².